The van der Waals surface area contributed by atoms with Gasteiger partial charge >= 0.3 is 0 Å². The highest BCUT2D eigenvalue weighted by Crippen LogP contribution is 2.65. The van der Waals surface area contributed by atoms with E-state index in [1.807, 2.05) is 0 Å². The lowest BCUT2D eigenvalue weighted by Gasteiger charge is -2.36. The van der Waals surface area contributed by atoms with Crippen LogP contribution in [0.2, 0.25) is 0 Å². The summed E-state index contributed by atoms with van der Waals surface area (Å²) in [6.07, 6.45) is 9.37. The van der Waals surface area contributed by atoms with Crippen molar-refractivity contribution in [2.24, 2.45) is 5.92 Å². The van der Waals surface area contributed by atoms with Gasteiger partial charge in [-0.15, -0.1) is 0 Å². The van der Waals surface area contributed by atoms with E-state index in [9.17, 15) is 0 Å². The van der Waals surface area contributed by atoms with Crippen LogP contribution in [0.1, 0.15) is 28.2 Å². The number of hydrogen-bond donors (Lipinski definition) is 0. The van der Waals surface area contributed by atoms with Crippen molar-refractivity contribution in [2.75, 3.05) is 4.90 Å². The number of anilines is 3. The normalized spacial score (nSPS) is 19.1. The van der Waals surface area contributed by atoms with Crippen molar-refractivity contribution in [1.82, 2.24) is 0 Å². The van der Waals surface area contributed by atoms with Crippen molar-refractivity contribution in [1.29, 1.82) is 0 Å². The molecule has 3 atom stereocenters. The van der Waals surface area contributed by atoms with Crippen molar-refractivity contribution < 1.29 is 0 Å². The fourth-order valence-electron chi connectivity index (χ4n) is 9.05. The maximum absolute atomic E-state index is 2.50. The van der Waals surface area contributed by atoms with Crippen LogP contribution >= 0.6 is 0 Å². The number of fused-ring (bicyclic) bond motifs is 10. The minimum atomic E-state index is -0.273. The molecule has 7 aromatic rings. The Hall–Kier alpha value is -6.18. The van der Waals surface area contributed by atoms with Gasteiger partial charge in [-0.3, -0.25) is 0 Å². The highest BCUT2D eigenvalue weighted by Gasteiger charge is 2.57. The quantitative estimate of drug-likeness (QED) is 0.182. The first-order chi connectivity index (χ1) is 24.8. The zero-order chi connectivity index (χ0) is 33.1. The maximum atomic E-state index is 2.50. The number of benzene rings is 7. The van der Waals surface area contributed by atoms with Crippen molar-refractivity contribution >= 4 is 17.1 Å². The second-order valence-electron chi connectivity index (χ2n) is 13.7. The molecule has 1 spiro atoms. The lowest BCUT2D eigenvalue weighted by molar-refractivity contribution is 0.465. The second kappa shape index (κ2) is 11.5. The highest BCUT2D eigenvalue weighted by molar-refractivity contribution is 5.89. The molecule has 236 valence electrons. The third-order valence-electron chi connectivity index (χ3n) is 11.2. The molecule has 10 rings (SSSR count). The van der Waals surface area contributed by atoms with E-state index in [1.165, 1.54) is 55.6 Å². The summed E-state index contributed by atoms with van der Waals surface area (Å²) in [6.45, 7) is 0. The first-order valence-electron chi connectivity index (χ1n) is 17.6. The SMILES string of the molecule is C1=CC2c3ccccc3C3(c4ccccc4-c4ccc(N(c5ccc(-c6ccccc6)cc5)c5ccc(-c6ccccc6)cc5)cc43)C2C=C1. The molecule has 0 heterocycles. The fraction of sp³-hybridized carbons (Fsp3) is 0.0612. The van der Waals surface area contributed by atoms with Crippen LogP contribution in [-0.2, 0) is 5.41 Å². The molecule has 0 aromatic heterocycles. The topological polar surface area (TPSA) is 3.24 Å². The van der Waals surface area contributed by atoms with Gasteiger partial charge in [0, 0.05) is 28.9 Å². The molecule has 0 N–H and O–H groups in total. The summed E-state index contributed by atoms with van der Waals surface area (Å²) in [5.41, 5.74) is 16.4. The molecule has 3 aliphatic rings. The monoisotopic (exact) mass is 637 g/mol. The molecule has 50 heavy (non-hydrogen) atoms. The van der Waals surface area contributed by atoms with Gasteiger partial charge in [0.15, 0.2) is 0 Å². The summed E-state index contributed by atoms with van der Waals surface area (Å²) >= 11 is 0. The Labute approximate surface area is 294 Å². The lowest BCUT2D eigenvalue weighted by Crippen LogP contribution is -2.33. The molecule has 0 fully saturated rings. The maximum Gasteiger partial charge on any atom is 0.0538 e. The van der Waals surface area contributed by atoms with Gasteiger partial charge in [0.1, 0.15) is 0 Å². The molecule has 0 aliphatic heterocycles. The molecular formula is C49H35N. The van der Waals surface area contributed by atoms with Gasteiger partial charge in [0.05, 0.1) is 5.41 Å². The summed E-state index contributed by atoms with van der Waals surface area (Å²) in [6, 6.07) is 64.8. The van der Waals surface area contributed by atoms with E-state index in [0.717, 1.165) is 17.1 Å². The molecule has 1 heteroatoms. The number of rotatable bonds is 5. The molecule has 0 saturated heterocycles. The lowest BCUT2D eigenvalue weighted by atomic mass is 9.65. The molecular weight excluding hydrogens is 603 g/mol. The number of hydrogen-bond acceptors (Lipinski definition) is 1. The summed E-state index contributed by atoms with van der Waals surface area (Å²) in [5, 5.41) is 0. The van der Waals surface area contributed by atoms with Crippen LogP contribution in [0.25, 0.3) is 33.4 Å². The van der Waals surface area contributed by atoms with Crippen LogP contribution in [0.5, 0.6) is 0 Å². The van der Waals surface area contributed by atoms with Crippen LogP contribution in [0.15, 0.2) is 200 Å². The smallest absolute Gasteiger partial charge is 0.0538 e. The Bertz CT molecular complexity index is 2340. The van der Waals surface area contributed by atoms with E-state index in [0.29, 0.717) is 11.8 Å². The van der Waals surface area contributed by atoms with Gasteiger partial charge < -0.3 is 4.90 Å². The van der Waals surface area contributed by atoms with E-state index in [1.54, 1.807) is 0 Å². The summed E-state index contributed by atoms with van der Waals surface area (Å²) in [4.78, 5) is 2.43. The van der Waals surface area contributed by atoms with E-state index >= 15 is 0 Å². The van der Waals surface area contributed by atoms with Gasteiger partial charge in [-0.25, -0.2) is 0 Å². The fourth-order valence-corrected chi connectivity index (χ4v) is 9.05. The molecule has 0 radical (unpaired) electrons. The van der Waals surface area contributed by atoms with E-state index in [-0.39, 0.29) is 5.41 Å². The number of allylic oxidation sites excluding steroid dienone is 4. The van der Waals surface area contributed by atoms with E-state index in [2.05, 4.69) is 205 Å². The Morgan fingerprint density at radius 1 is 0.380 bits per heavy atom. The van der Waals surface area contributed by atoms with Gasteiger partial charge in [0.2, 0.25) is 0 Å². The van der Waals surface area contributed by atoms with Crippen molar-refractivity contribution in [3.63, 3.8) is 0 Å². The third-order valence-corrected chi connectivity index (χ3v) is 11.2. The van der Waals surface area contributed by atoms with Crippen LogP contribution in [0, 0.1) is 5.92 Å². The van der Waals surface area contributed by atoms with Gasteiger partial charge in [0.25, 0.3) is 0 Å². The van der Waals surface area contributed by atoms with Crippen molar-refractivity contribution in [2.45, 2.75) is 11.3 Å². The first-order valence-corrected chi connectivity index (χ1v) is 17.6. The van der Waals surface area contributed by atoms with Crippen molar-refractivity contribution in [3.8, 4) is 33.4 Å². The average Bonchev–Trinajstić information content (AvgIpc) is 3.66. The summed E-state index contributed by atoms with van der Waals surface area (Å²) < 4.78 is 0. The molecule has 0 amide bonds. The Morgan fingerprint density at radius 3 is 1.54 bits per heavy atom. The van der Waals surface area contributed by atoms with Crippen LogP contribution in [0.3, 0.4) is 0 Å². The predicted octanol–water partition coefficient (Wildman–Crippen LogP) is 12.6. The second-order valence-corrected chi connectivity index (χ2v) is 13.7. The van der Waals surface area contributed by atoms with Crippen LogP contribution < -0.4 is 4.90 Å². The van der Waals surface area contributed by atoms with Gasteiger partial charge in [-0.05, 0) is 92.0 Å². The third kappa shape index (κ3) is 4.27. The van der Waals surface area contributed by atoms with Crippen LogP contribution in [-0.4, -0.2) is 0 Å². The minimum absolute atomic E-state index is 0.273. The minimum Gasteiger partial charge on any atom is -0.310 e. The molecule has 7 aromatic carbocycles. The highest BCUT2D eigenvalue weighted by atomic mass is 15.1. The molecule has 3 unspecified atom stereocenters. The Kier molecular flexibility index (Phi) is 6.60. The summed E-state index contributed by atoms with van der Waals surface area (Å²) in [5.74, 6) is 0.636. The number of nitrogens with zero attached hydrogens (tertiary/aromatic N) is 1. The predicted molar refractivity (Wildman–Crippen MR) is 208 cm³/mol. The molecule has 0 saturated carbocycles. The van der Waals surface area contributed by atoms with E-state index in [4.69, 9.17) is 0 Å². The first kappa shape index (κ1) is 28.8. The zero-order valence-electron chi connectivity index (χ0n) is 27.7. The summed E-state index contributed by atoms with van der Waals surface area (Å²) in [7, 11) is 0. The molecule has 0 bridgehead atoms. The van der Waals surface area contributed by atoms with Gasteiger partial charge in [-0.2, -0.15) is 0 Å². The standard InChI is InChI=1S/C49H35N/c1-3-13-34(14-4-1)36-23-27-38(28-24-36)50(39-29-25-37(26-30-39)35-15-5-2-6-16-35)40-31-32-44-43-19-9-12-22-47(43)49(48(44)33-40)45-20-10-7-17-41(45)42-18-8-11-21-46(42)49/h1-33,41,45H. The van der Waals surface area contributed by atoms with E-state index < -0.39 is 0 Å². The molecule has 1 nitrogen and oxygen atoms in total. The molecule has 3 aliphatic carbocycles. The zero-order valence-corrected chi connectivity index (χ0v) is 27.7. The largest absolute Gasteiger partial charge is 0.310 e. The van der Waals surface area contributed by atoms with Crippen LogP contribution in [0.4, 0.5) is 17.1 Å². The van der Waals surface area contributed by atoms with Gasteiger partial charge in [-0.1, -0.05) is 164 Å². The average molecular weight is 638 g/mol. The van der Waals surface area contributed by atoms with Crippen molar-refractivity contribution in [3.05, 3.63) is 222 Å². The Balaban J connectivity index is 1.17. The Morgan fingerprint density at radius 2 is 0.880 bits per heavy atom.